The topological polar surface area (TPSA) is 9.23 Å². The van der Waals surface area contributed by atoms with Crippen molar-refractivity contribution in [1.82, 2.24) is 0 Å². The van der Waals surface area contributed by atoms with E-state index in [9.17, 15) is 0 Å². The van der Waals surface area contributed by atoms with Gasteiger partial charge in [-0.3, -0.25) is 0 Å². The molecule has 1 unspecified atom stereocenters. The summed E-state index contributed by atoms with van der Waals surface area (Å²) in [5, 5.41) is 0. The summed E-state index contributed by atoms with van der Waals surface area (Å²) in [6.07, 6.45) is 7.12. The Morgan fingerprint density at radius 3 is 2.33 bits per heavy atom. The molecule has 1 aromatic rings. The van der Waals surface area contributed by atoms with Gasteiger partial charge in [-0.05, 0) is 50.3 Å². The lowest BCUT2D eigenvalue weighted by molar-refractivity contribution is 0.123. The third-order valence-electron chi connectivity index (χ3n) is 3.98. The molecule has 1 fully saturated rings. The smallest absolute Gasteiger partial charge is 0.119 e. The number of hydrogen-bond donors (Lipinski definition) is 0. The van der Waals surface area contributed by atoms with Gasteiger partial charge in [0.1, 0.15) is 5.75 Å². The first kappa shape index (κ1) is 13.2. The molecule has 0 radical (unpaired) electrons. The van der Waals surface area contributed by atoms with Crippen LogP contribution >= 0.6 is 0 Å². The zero-order valence-corrected chi connectivity index (χ0v) is 11.6. The van der Waals surface area contributed by atoms with Gasteiger partial charge in [0.25, 0.3) is 0 Å². The van der Waals surface area contributed by atoms with E-state index in [4.69, 9.17) is 4.74 Å². The minimum Gasteiger partial charge on any atom is -0.490 e. The number of ether oxygens (including phenoxy) is 1. The van der Waals surface area contributed by atoms with E-state index < -0.39 is 0 Å². The van der Waals surface area contributed by atoms with Crippen LogP contribution in [0.25, 0.3) is 5.57 Å². The predicted molar refractivity (Wildman–Crippen MR) is 77.8 cm³/mol. The number of hydrogen-bond acceptors (Lipinski definition) is 1. The van der Waals surface area contributed by atoms with Crippen molar-refractivity contribution < 1.29 is 4.74 Å². The lowest BCUT2D eigenvalue weighted by Crippen LogP contribution is -2.25. The van der Waals surface area contributed by atoms with E-state index in [2.05, 4.69) is 37.8 Å². The maximum absolute atomic E-state index is 6.06. The summed E-state index contributed by atoms with van der Waals surface area (Å²) in [6.45, 7) is 8.19. The predicted octanol–water partition coefficient (Wildman–Crippen LogP) is 5.07. The molecule has 1 atom stereocenters. The zero-order valence-electron chi connectivity index (χ0n) is 11.6. The second-order valence-electron chi connectivity index (χ2n) is 5.53. The first-order valence-corrected chi connectivity index (χ1v) is 7.09. The van der Waals surface area contributed by atoms with Crippen molar-refractivity contribution in [1.29, 1.82) is 0 Å². The first-order valence-electron chi connectivity index (χ1n) is 7.09. The molecule has 0 heterocycles. The van der Waals surface area contributed by atoms with E-state index >= 15 is 0 Å². The molecule has 1 saturated carbocycles. The SMILES string of the molecule is C=C(C)c1ccc(OC(C)C2CCCCC2)cc1. The Kier molecular flexibility index (Phi) is 4.46. The lowest BCUT2D eigenvalue weighted by atomic mass is 9.86. The Morgan fingerprint density at radius 1 is 1.17 bits per heavy atom. The molecule has 0 aliphatic heterocycles. The van der Waals surface area contributed by atoms with Crippen LogP contribution in [0.2, 0.25) is 0 Å². The second-order valence-corrected chi connectivity index (χ2v) is 5.53. The number of benzene rings is 1. The van der Waals surface area contributed by atoms with Crippen LogP contribution in [-0.2, 0) is 0 Å². The van der Waals surface area contributed by atoms with Crippen molar-refractivity contribution in [2.24, 2.45) is 5.92 Å². The molecule has 98 valence electrons. The molecule has 1 aliphatic carbocycles. The van der Waals surface area contributed by atoms with Crippen LogP contribution < -0.4 is 4.74 Å². The fraction of sp³-hybridized carbons (Fsp3) is 0.529. The van der Waals surface area contributed by atoms with Gasteiger partial charge < -0.3 is 4.74 Å². The van der Waals surface area contributed by atoms with Crippen molar-refractivity contribution in [3.05, 3.63) is 36.4 Å². The Labute approximate surface area is 111 Å². The molecule has 0 amide bonds. The summed E-state index contributed by atoms with van der Waals surface area (Å²) in [5.41, 5.74) is 2.29. The van der Waals surface area contributed by atoms with Gasteiger partial charge in [0, 0.05) is 0 Å². The van der Waals surface area contributed by atoms with Crippen LogP contribution in [0.15, 0.2) is 30.8 Å². The van der Waals surface area contributed by atoms with Crippen molar-refractivity contribution in [2.45, 2.75) is 52.1 Å². The van der Waals surface area contributed by atoms with Crippen molar-refractivity contribution in [2.75, 3.05) is 0 Å². The van der Waals surface area contributed by atoms with Gasteiger partial charge >= 0.3 is 0 Å². The molecule has 0 N–H and O–H groups in total. The van der Waals surface area contributed by atoms with Gasteiger partial charge in [-0.15, -0.1) is 0 Å². The largest absolute Gasteiger partial charge is 0.490 e. The minimum absolute atomic E-state index is 0.334. The summed E-state index contributed by atoms with van der Waals surface area (Å²) >= 11 is 0. The van der Waals surface area contributed by atoms with Crippen LogP contribution in [-0.4, -0.2) is 6.10 Å². The molecule has 1 nitrogen and oxygen atoms in total. The lowest BCUT2D eigenvalue weighted by Gasteiger charge is -2.28. The maximum atomic E-state index is 6.06. The molecule has 18 heavy (non-hydrogen) atoms. The fourth-order valence-electron chi connectivity index (χ4n) is 2.73. The minimum atomic E-state index is 0.334. The van der Waals surface area contributed by atoms with Crippen molar-refractivity contribution in [3.63, 3.8) is 0 Å². The standard InChI is InChI=1S/C17H24O/c1-13(2)15-9-11-17(12-10-15)18-14(3)16-7-5-4-6-8-16/h9-12,14,16H,1,4-8H2,2-3H3. The maximum Gasteiger partial charge on any atom is 0.119 e. The molecule has 2 rings (SSSR count). The number of allylic oxidation sites excluding steroid dienone is 1. The van der Waals surface area contributed by atoms with E-state index in [1.165, 1.54) is 37.7 Å². The summed E-state index contributed by atoms with van der Waals surface area (Å²) in [5.74, 6) is 1.72. The monoisotopic (exact) mass is 244 g/mol. The van der Waals surface area contributed by atoms with Crippen molar-refractivity contribution in [3.8, 4) is 5.75 Å². The summed E-state index contributed by atoms with van der Waals surface area (Å²) in [7, 11) is 0. The third-order valence-corrected chi connectivity index (χ3v) is 3.98. The first-order chi connectivity index (χ1) is 8.66. The fourth-order valence-corrected chi connectivity index (χ4v) is 2.73. The molecule has 1 heteroatoms. The van der Waals surface area contributed by atoms with E-state index in [0.717, 1.165) is 17.2 Å². The second kappa shape index (κ2) is 6.08. The normalized spacial score (nSPS) is 18.3. The number of rotatable bonds is 4. The highest BCUT2D eigenvalue weighted by Gasteiger charge is 2.21. The third kappa shape index (κ3) is 3.38. The molecule has 1 aromatic carbocycles. The van der Waals surface area contributed by atoms with Crippen LogP contribution in [0.5, 0.6) is 5.75 Å². The summed E-state index contributed by atoms with van der Waals surface area (Å²) in [4.78, 5) is 0. The van der Waals surface area contributed by atoms with Crippen LogP contribution in [0.1, 0.15) is 51.5 Å². The molecule has 1 aliphatic rings. The molecule has 0 bridgehead atoms. The van der Waals surface area contributed by atoms with Gasteiger partial charge in [0.05, 0.1) is 6.10 Å². The Morgan fingerprint density at radius 2 is 1.78 bits per heavy atom. The Hall–Kier alpha value is -1.24. The average molecular weight is 244 g/mol. The molecule has 0 aromatic heterocycles. The quantitative estimate of drug-likeness (QED) is 0.718. The Balaban J connectivity index is 1.93. The van der Waals surface area contributed by atoms with E-state index in [0.29, 0.717) is 6.10 Å². The van der Waals surface area contributed by atoms with Crippen LogP contribution in [0, 0.1) is 5.92 Å². The van der Waals surface area contributed by atoms with Gasteiger partial charge in [0.2, 0.25) is 0 Å². The Bertz CT molecular complexity index is 385. The van der Waals surface area contributed by atoms with Crippen molar-refractivity contribution >= 4 is 5.57 Å². The molecular weight excluding hydrogens is 220 g/mol. The zero-order chi connectivity index (χ0) is 13.0. The van der Waals surface area contributed by atoms with E-state index in [-0.39, 0.29) is 0 Å². The highest BCUT2D eigenvalue weighted by Crippen LogP contribution is 2.29. The molecule has 0 saturated heterocycles. The summed E-state index contributed by atoms with van der Waals surface area (Å²) < 4.78 is 6.06. The highest BCUT2D eigenvalue weighted by atomic mass is 16.5. The molecular formula is C17H24O. The van der Waals surface area contributed by atoms with Gasteiger partial charge in [-0.2, -0.15) is 0 Å². The van der Waals surface area contributed by atoms with Crippen LogP contribution in [0.4, 0.5) is 0 Å². The van der Waals surface area contributed by atoms with E-state index in [1.54, 1.807) is 0 Å². The molecule has 0 spiro atoms. The summed E-state index contributed by atoms with van der Waals surface area (Å²) in [6, 6.07) is 8.29. The highest BCUT2D eigenvalue weighted by molar-refractivity contribution is 5.61. The van der Waals surface area contributed by atoms with Gasteiger partial charge in [-0.1, -0.05) is 43.5 Å². The average Bonchev–Trinajstić information content (AvgIpc) is 2.40. The van der Waals surface area contributed by atoms with Gasteiger partial charge in [0.15, 0.2) is 0 Å². The van der Waals surface area contributed by atoms with E-state index in [1.807, 2.05) is 6.92 Å². The van der Waals surface area contributed by atoms with Crippen LogP contribution in [0.3, 0.4) is 0 Å². The van der Waals surface area contributed by atoms with Gasteiger partial charge in [-0.25, -0.2) is 0 Å².